The molecule has 0 radical (unpaired) electrons. The maximum Gasteiger partial charge on any atom is 0.0659 e. The lowest BCUT2D eigenvalue weighted by Crippen LogP contribution is -2.32. The molecule has 1 aliphatic rings. The van der Waals surface area contributed by atoms with E-state index in [0.717, 1.165) is 31.9 Å². The summed E-state index contributed by atoms with van der Waals surface area (Å²) in [7, 11) is 0. The largest absolute Gasteiger partial charge is 0.378 e. The molecule has 1 aliphatic heterocycles. The second kappa shape index (κ2) is 6.73. The average molecular weight is 333 g/mol. The summed E-state index contributed by atoms with van der Waals surface area (Å²) in [6.45, 7) is 7.55. The van der Waals surface area contributed by atoms with Crippen LogP contribution < -0.4 is 0 Å². The van der Waals surface area contributed by atoms with Gasteiger partial charge in [0.25, 0.3) is 0 Å². The second-order valence-electron chi connectivity index (χ2n) is 6.47. The Morgan fingerprint density at radius 2 is 1.76 bits per heavy atom. The summed E-state index contributed by atoms with van der Waals surface area (Å²) in [4.78, 5) is 0. The molecule has 1 aromatic heterocycles. The summed E-state index contributed by atoms with van der Waals surface area (Å²) in [5.41, 5.74) is 4.82. The first kappa shape index (κ1) is 15.9. The first-order valence-electron chi connectivity index (χ1n) is 8.78. The number of hydrogen-bond acceptors (Lipinski definition) is 3. The van der Waals surface area contributed by atoms with Crippen molar-refractivity contribution in [2.45, 2.75) is 13.8 Å². The van der Waals surface area contributed by atoms with Gasteiger partial charge in [-0.05, 0) is 31.4 Å². The van der Waals surface area contributed by atoms with Crippen molar-refractivity contribution in [2.24, 2.45) is 5.10 Å². The summed E-state index contributed by atoms with van der Waals surface area (Å²) in [5, 5.41) is 9.24. The van der Waals surface area contributed by atoms with Crippen LogP contribution in [0.3, 0.4) is 0 Å². The van der Waals surface area contributed by atoms with Crippen molar-refractivity contribution in [3.63, 3.8) is 0 Å². The van der Waals surface area contributed by atoms with E-state index >= 15 is 0 Å². The van der Waals surface area contributed by atoms with Crippen molar-refractivity contribution in [1.82, 2.24) is 9.58 Å². The highest BCUT2D eigenvalue weighted by atomic mass is 16.5. The van der Waals surface area contributed by atoms with E-state index in [9.17, 15) is 0 Å². The Morgan fingerprint density at radius 1 is 1.00 bits per heavy atom. The van der Waals surface area contributed by atoms with Gasteiger partial charge in [0.1, 0.15) is 0 Å². The van der Waals surface area contributed by atoms with Gasteiger partial charge >= 0.3 is 0 Å². The van der Waals surface area contributed by atoms with E-state index in [2.05, 4.69) is 77.1 Å². The van der Waals surface area contributed by atoms with E-state index in [1.807, 2.05) is 6.21 Å². The molecule has 2 heterocycles. The highest BCUT2D eigenvalue weighted by Crippen LogP contribution is 2.26. The molecule has 4 heteroatoms. The molecule has 0 aliphatic carbocycles. The molecule has 2 aromatic carbocycles. The second-order valence-corrected chi connectivity index (χ2v) is 6.47. The molecule has 0 N–H and O–H groups in total. The molecule has 0 saturated carbocycles. The van der Waals surface area contributed by atoms with Gasteiger partial charge in [-0.1, -0.05) is 36.4 Å². The number of rotatable bonds is 3. The zero-order chi connectivity index (χ0) is 17.2. The van der Waals surface area contributed by atoms with E-state index in [-0.39, 0.29) is 0 Å². The molecule has 0 amide bonds. The van der Waals surface area contributed by atoms with Crippen molar-refractivity contribution in [3.8, 4) is 5.69 Å². The molecule has 0 atom stereocenters. The normalized spacial score (nSPS) is 15.4. The Balaban J connectivity index is 1.73. The van der Waals surface area contributed by atoms with Crippen molar-refractivity contribution >= 4 is 17.0 Å². The van der Waals surface area contributed by atoms with E-state index < -0.39 is 0 Å². The van der Waals surface area contributed by atoms with Gasteiger partial charge < -0.3 is 9.30 Å². The molecule has 0 unspecified atom stereocenters. The van der Waals surface area contributed by atoms with E-state index in [0.29, 0.717) is 0 Å². The fraction of sp³-hybridized carbons (Fsp3) is 0.286. The maximum absolute atomic E-state index is 5.38. The molecule has 0 spiro atoms. The molecule has 25 heavy (non-hydrogen) atoms. The van der Waals surface area contributed by atoms with Gasteiger partial charge in [0.15, 0.2) is 0 Å². The van der Waals surface area contributed by atoms with Crippen LogP contribution in [0.5, 0.6) is 0 Å². The smallest absolute Gasteiger partial charge is 0.0659 e. The zero-order valence-electron chi connectivity index (χ0n) is 14.8. The molecule has 3 aromatic rings. The third-order valence-corrected chi connectivity index (χ3v) is 4.83. The predicted molar refractivity (Wildman–Crippen MR) is 103 cm³/mol. The maximum atomic E-state index is 5.38. The number of hydrazone groups is 1. The van der Waals surface area contributed by atoms with Crippen molar-refractivity contribution in [3.05, 3.63) is 65.5 Å². The van der Waals surface area contributed by atoms with Gasteiger partial charge in [-0.15, -0.1) is 0 Å². The first-order valence-corrected chi connectivity index (χ1v) is 8.78. The van der Waals surface area contributed by atoms with Crippen LogP contribution in [0.4, 0.5) is 0 Å². The topological polar surface area (TPSA) is 29.8 Å². The summed E-state index contributed by atoms with van der Waals surface area (Å²) < 4.78 is 7.70. The molecular formula is C21H23N3O. The van der Waals surface area contributed by atoms with Crippen LogP contribution in [0.25, 0.3) is 16.5 Å². The lowest BCUT2D eigenvalue weighted by atomic mass is 10.1. The molecule has 4 nitrogen and oxygen atoms in total. The Bertz CT molecular complexity index is 915. The van der Waals surface area contributed by atoms with Crippen molar-refractivity contribution in [2.75, 3.05) is 26.3 Å². The van der Waals surface area contributed by atoms with Crippen LogP contribution in [0.1, 0.15) is 17.0 Å². The Hall–Kier alpha value is -2.59. The van der Waals surface area contributed by atoms with Crippen LogP contribution in [0.15, 0.2) is 53.6 Å². The van der Waals surface area contributed by atoms with Gasteiger partial charge in [0.2, 0.25) is 0 Å². The minimum Gasteiger partial charge on any atom is -0.378 e. The van der Waals surface area contributed by atoms with Gasteiger partial charge in [-0.25, -0.2) is 0 Å². The van der Waals surface area contributed by atoms with Crippen LogP contribution in [0.2, 0.25) is 0 Å². The van der Waals surface area contributed by atoms with Gasteiger partial charge in [-0.2, -0.15) is 5.10 Å². The molecule has 1 saturated heterocycles. The fourth-order valence-corrected chi connectivity index (χ4v) is 3.51. The highest BCUT2D eigenvalue weighted by molar-refractivity contribution is 5.91. The van der Waals surface area contributed by atoms with E-state index in [1.54, 1.807) is 0 Å². The Morgan fingerprint density at radius 3 is 2.60 bits per heavy atom. The molecular weight excluding hydrogens is 310 g/mol. The molecule has 0 bridgehead atoms. The fourth-order valence-electron chi connectivity index (χ4n) is 3.51. The molecule has 4 rings (SSSR count). The summed E-state index contributed by atoms with van der Waals surface area (Å²) in [5.74, 6) is 0. The van der Waals surface area contributed by atoms with Gasteiger partial charge in [0.05, 0.1) is 38.2 Å². The van der Waals surface area contributed by atoms with Crippen LogP contribution in [-0.2, 0) is 4.74 Å². The highest BCUT2D eigenvalue weighted by Gasteiger charge is 2.12. The predicted octanol–water partition coefficient (Wildman–Crippen LogP) is 3.91. The first-order chi connectivity index (χ1) is 12.2. The lowest BCUT2D eigenvalue weighted by Gasteiger charge is -2.23. The third kappa shape index (κ3) is 3.05. The summed E-state index contributed by atoms with van der Waals surface area (Å²) in [6, 6.07) is 17.2. The van der Waals surface area contributed by atoms with Crippen LogP contribution >= 0.6 is 0 Å². The standard InChI is InChI=1S/C21H23N3O/c1-16-14-19(15-22-23-10-12-25-13-11-23)17(2)24(16)21-9-5-7-18-6-3-4-8-20(18)21/h3-9,14-15H,10-13H2,1-2H3/b22-15-. The number of ether oxygens (including phenoxy) is 1. The third-order valence-electron chi connectivity index (χ3n) is 4.83. The Labute approximate surface area is 148 Å². The van der Waals surface area contributed by atoms with E-state index in [4.69, 9.17) is 4.74 Å². The summed E-state index contributed by atoms with van der Waals surface area (Å²) >= 11 is 0. The Kier molecular flexibility index (Phi) is 4.28. The molecule has 128 valence electrons. The van der Waals surface area contributed by atoms with Crippen molar-refractivity contribution in [1.29, 1.82) is 0 Å². The number of fused-ring (bicyclic) bond motifs is 1. The number of aryl methyl sites for hydroxylation is 1. The van der Waals surface area contributed by atoms with Crippen molar-refractivity contribution < 1.29 is 4.74 Å². The quantitative estimate of drug-likeness (QED) is 0.680. The SMILES string of the molecule is Cc1cc(/C=N\N2CCOCC2)c(C)n1-c1cccc2ccccc12. The number of hydrogen-bond donors (Lipinski definition) is 0. The summed E-state index contributed by atoms with van der Waals surface area (Å²) in [6.07, 6.45) is 1.98. The van der Waals surface area contributed by atoms with E-state index in [1.165, 1.54) is 27.8 Å². The number of nitrogens with zero attached hydrogens (tertiary/aromatic N) is 3. The monoisotopic (exact) mass is 333 g/mol. The number of benzene rings is 2. The molecule has 1 fully saturated rings. The van der Waals surface area contributed by atoms with Crippen LogP contribution in [-0.4, -0.2) is 42.1 Å². The number of aromatic nitrogens is 1. The zero-order valence-corrected chi connectivity index (χ0v) is 14.8. The average Bonchev–Trinajstić information content (AvgIpc) is 2.94. The van der Waals surface area contributed by atoms with Gasteiger partial charge in [-0.3, -0.25) is 5.01 Å². The number of morpholine rings is 1. The van der Waals surface area contributed by atoms with Crippen LogP contribution in [0, 0.1) is 13.8 Å². The minimum atomic E-state index is 0.756. The minimum absolute atomic E-state index is 0.756. The lowest BCUT2D eigenvalue weighted by molar-refractivity contribution is 0.0397. The van der Waals surface area contributed by atoms with Gasteiger partial charge in [0, 0.05) is 22.3 Å².